The first kappa shape index (κ1) is 9.51. The van der Waals surface area contributed by atoms with Gasteiger partial charge in [0.2, 0.25) is 0 Å². The normalized spacial score (nSPS) is 45.3. The van der Waals surface area contributed by atoms with Crippen LogP contribution in [0.2, 0.25) is 0 Å². The van der Waals surface area contributed by atoms with E-state index in [1.54, 1.807) is 0 Å². The summed E-state index contributed by atoms with van der Waals surface area (Å²) in [5, 5.41) is 0. The van der Waals surface area contributed by atoms with Crippen LogP contribution in [0.25, 0.3) is 0 Å². The van der Waals surface area contributed by atoms with Gasteiger partial charge in [-0.1, -0.05) is 24.9 Å². The van der Waals surface area contributed by atoms with E-state index in [4.69, 9.17) is 0 Å². The molecule has 1 heteroatoms. The zero-order valence-corrected chi connectivity index (χ0v) is 9.35. The topological polar surface area (TPSA) is 0 Å². The van der Waals surface area contributed by atoms with Gasteiger partial charge >= 0.3 is 0 Å². The van der Waals surface area contributed by atoms with Gasteiger partial charge in [-0.2, -0.15) is 10.5 Å². The van der Waals surface area contributed by atoms with Gasteiger partial charge in [-0.25, -0.2) is 0 Å². The Morgan fingerprint density at radius 1 is 1.38 bits per heavy atom. The highest BCUT2D eigenvalue weighted by Gasteiger charge is 2.29. The van der Waals surface area contributed by atoms with E-state index in [0.29, 0.717) is 10.5 Å². The van der Waals surface area contributed by atoms with Gasteiger partial charge in [0.25, 0.3) is 0 Å². The van der Waals surface area contributed by atoms with Crippen molar-refractivity contribution >= 4 is 16.4 Å². The van der Waals surface area contributed by atoms with Crippen LogP contribution in [0.15, 0.2) is 12.2 Å². The first-order valence-electron chi connectivity index (χ1n) is 5.41. The Hall–Kier alpha value is -0.0400. The van der Waals surface area contributed by atoms with Gasteiger partial charge in [-0.3, -0.25) is 0 Å². The van der Waals surface area contributed by atoms with Crippen LogP contribution in [-0.4, -0.2) is 17.4 Å². The summed E-state index contributed by atoms with van der Waals surface area (Å²) in [4.78, 5) is 0. The minimum absolute atomic E-state index is 0.497. The average Bonchev–Trinajstić information content (AvgIpc) is 2.53. The Bertz CT molecular complexity index is 229. The fraction of sp³-hybridized carbons (Fsp3) is 0.750. The molecule has 1 aliphatic carbocycles. The molecule has 0 aromatic rings. The third-order valence-electron chi connectivity index (χ3n) is 3.58. The molecule has 0 N–H and O–H groups in total. The number of allylic oxidation sites excluding steroid dienone is 2. The molecule has 1 heterocycles. The second-order valence-corrected chi connectivity index (χ2v) is 6.56. The minimum atomic E-state index is 0.497. The molecule has 0 nitrogen and oxygen atoms in total. The molecule has 0 amide bonds. The van der Waals surface area contributed by atoms with E-state index in [9.17, 15) is 0 Å². The lowest BCUT2D eigenvalue weighted by Gasteiger charge is -2.29. The first-order chi connectivity index (χ1) is 6.27. The fourth-order valence-electron chi connectivity index (χ4n) is 2.71. The molecule has 2 rings (SSSR count). The molecule has 1 saturated heterocycles. The zero-order chi connectivity index (χ0) is 9.26. The maximum absolute atomic E-state index is 4.21. The molecule has 0 aromatic heterocycles. The Balaban J connectivity index is 2.02. The molecule has 0 radical (unpaired) electrons. The molecule has 0 saturated carbocycles. The van der Waals surface area contributed by atoms with Gasteiger partial charge in [0.15, 0.2) is 0 Å². The summed E-state index contributed by atoms with van der Waals surface area (Å²) in [5.74, 6) is 9.77. The van der Waals surface area contributed by atoms with Crippen molar-refractivity contribution in [2.75, 3.05) is 11.5 Å². The van der Waals surface area contributed by atoms with Gasteiger partial charge in [-0.05, 0) is 48.5 Å². The van der Waals surface area contributed by atoms with Crippen molar-refractivity contribution < 1.29 is 0 Å². The highest BCUT2D eigenvalue weighted by Crippen LogP contribution is 2.40. The van der Waals surface area contributed by atoms with E-state index in [0.717, 1.165) is 17.8 Å². The number of hydrogen-bond acceptors (Lipinski definition) is 0. The molecule has 2 aliphatic rings. The summed E-state index contributed by atoms with van der Waals surface area (Å²) in [7, 11) is 0.497. The lowest BCUT2D eigenvalue weighted by Crippen LogP contribution is -2.21. The summed E-state index contributed by atoms with van der Waals surface area (Å²) in [6, 6.07) is 0. The van der Waals surface area contributed by atoms with Gasteiger partial charge in [0.1, 0.15) is 0 Å². The van der Waals surface area contributed by atoms with Crippen LogP contribution in [0.3, 0.4) is 0 Å². The van der Waals surface area contributed by atoms with Crippen molar-refractivity contribution in [3.63, 3.8) is 0 Å². The van der Waals surface area contributed by atoms with Gasteiger partial charge in [-0.15, -0.1) is 0 Å². The van der Waals surface area contributed by atoms with Gasteiger partial charge in [0, 0.05) is 0 Å². The summed E-state index contributed by atoms with van der Waals surface area (Å²) < 4.78 is 0. The van der Waals surface area contributed by atoms with Crippen molar-refractivity contribution in [3.05, 3.63) is 12.2 Å². The van der Waals surface area contributed by atoms with Crippen LogP contribution >= 0.6 is 10.5 Å². The summed E-state index contributed by atoms with van der Waals surface area (Å²) in [6.07, 6.45) is 9.03. The standard InChI is InChI=1S/C12H20S/c1-10-5-3-4-6-12(10)11-7-8-13(2)9-11/h4,6,10-12H,2-3,5,7-9H2,1H3/t10?,11?,12-,13?/m1/s1. The molecule has 4 atom stereocenters. The Labute approximate surface area is 84.3 Å². The van der Waals surface area contributed by atoms with Crippen LogP contribution in [0.4, 0.5) is 0 Å². The van der Waals surface area contributed by atoms with Crippen LogP contribution < -0.4 is 0 Å². The lowest BCUT2D eigenvalue weighted by molar-refractivity contribution is 0.294. The average molecular weight is 196 g/mol. The van der Waals surface area contributed by atoms with Crippen molar-refractivity contribution in [3.8, 4) is 0 Å². The van der Waals surface area contributed by atoms with E-state index in [1.165, 1.54) is 30.8 Å². The molecular formula is C12H20S. The molecule has 0 spiro atoms. The molecule has 1 aliphatic heterocycles. The maximum atomic E-state index is 4.21. The first-order valence-corrected chi connectivity index (χ1v) is 7.14. The summed E-state index contributed by atoms with van der Waals surface area (Å²) >= 11 is 0. The van der Waals surface area contributed by atoms with E-state index in [-0.39, 0.29) is 0 Å². The second kappa shape index (κ2) is 4.00. The van der Waals surface area contributed by atoms with Crippen molar-refractivity contribution in [1.82, 2.24) is 0 Å². The van der Waals surface area contributed by atoms with Crippen LogP contribution in [0.1, 0.15) is 26.2 Å². The van der Waals surface area contributed by atoms with Crippen LogP contribution in [0, 0.1) is 17.8 Å². The fourth-order valence-corrected chi connectivity index (χ4v) is 4.50. The highest BCUT2D eigenvalue weighted by atomic mass is 32.2. The SMILES string of the molecule is C=S1CCC([C@@H]2C=CCCC2C)C1. The number of hydrogen-bond donors (Lipinski definition) is 0. The smallest absolute Gasteiger partial charge is 0.00883 e. The Kier molecular flexibility index (Phi) is 2.92. The molecule has 1 fully saturated rings. The Morgan fingerprint density at radius 3 is 2.85 bits per heavy atom. The predicted molar refractivity (Wildman–Crippen MR) is 63.6 cm³/mol. The van der Waals surface area contributed by atoms with Gasteiger partial charge < -0.3 is 0 Å². The lowest BCUT2D eigenvalue weighted by atomic mass is 9.77. The van der Waals surface area contributed by atoms with E-state index in [2.05, 4.69) is 24.9 Å². The van der Waals surface area contributed by atoms with Crippen molar-refractivity contribution in [2.45, 2.75) is 26.2 Å². The summed E-state index contributed by atoms with van der Waals surface area (Å²) in [6.45, 7) is 2.42. The monoisotopic (exact) mass is 196 g/mol. The largest absolute Gasteiger partial charge is 0.193 e. The number of rotatable bonds is 1. The predicted octanol–water partition coefficient (Wildman–Crippen LogP) is 3.31. The molecule has 74 valence electrons. The third kappa shape index (κ3) is 2.07. The van der Waals surface area contributed by atoms with Crippen LogP contribution in [-0.2, 0) is 0 Å². The van der Waals surface area contributed by atoms with E-state index in [1.807, 2.05) is 0 Å². The Morgan fingerprint density at radius 2 is 2.23 bits per heavy atom. The molecular weight excluding hydrogens is 176 g/mol. The second-order valence-electron chi connectivity index (χ2n) is 4.59. The van der Waals surface area contributed by atoms with Crippen molar-refractivity contribution in [2.24, 2.45) is 17.8 Å². The maximum Gasteiger partial charge on any atom is -0.00883 e. The quantitative estimate of drug-likeness (QED) is 0.446. The van der Waals surface area contributed by atoms with E-state index < -0.39 is 0 Å². The molecule has 3 unspecified atom stereocenters. The molecule has 13 heavy (non-hydrogen) atoms. The third-order valence-corrected chi connectivity index (χ3v) is 5.29. The van der Waals surface area contributed by atoms with Crippen molar-refractivity contribution in [1.29, 1.82) is 0 Å². The minimum Gasteiger partial charge on any atom is -0.193 e. The van der Waals surface area contributed by atoms with Gasteiger partial charge in [0.05, 0.1) is 0 Å². The molecule has 0 aromatic carbocycles. The highest BCUT2D eigenvalue weighted by molar-refractivity contribution is 8.14. The van der Waals surface area contributed by atoms with Crippen LogP contribution in [0.5, 0.6) is 0 Å². The zero-order valence-electron chi connectivity index (χ0n) is 8.54. The molecule has 0 bridgehead atoms. The van der Waals surface area contributed by atoms with E-state index >= 15 is 0 Å². The summed E-state index contributed by atoms with van der Waals surface area (Å²) in [5.41, 5.74) is 0.